The van der Waals surface area contributed by atoms with Crippen LogP contribution in [0.3, 0.4) is 0 Å². The molecule has 0 amide bonds. The summed E-state index contributed by atoms with van der Waals surface area (Å²) in [5, 5.41) is 8.56. The van der Waals surface area contributed by atoms with E-state index in [0.29, 0.717) is 13.0 Å². The van der Waals surface area contributed by atoms with Crippen LogP contribution in [0.25, 0.3) is 0 Å². The third-order valence-electron chi connectivity index (χ3n) is 2.45. The molecule has 0 atom stereocenters. The molecule has 2 aromatic carbocycles. The number of nitriles is 1. The minimum absolute atomic E-state index is 0.443. The molecule has 84 valence electrons. The number of rotatable bonds is 4. The molecule has 2 heteroatoms. The van der Waals surface area contributed by atoms with Gasteiger partial charge in [0.25, 0.3) is 0 Å². The maximum Gasteiger partial charge on any atom is 0.119 e. The zero-order valence-corrected chi connectivity index (χ0v) is 9.47. The van der Waals surface area contributed by atoms with E-state index in [9.17, 15) is 0 Å². The summed E-state index contributed by atoms with van der Waals surface area (Å²) in [5.41, 5.74) is 2.16. The molecule has 17 heavy (non-hydrogen) atoms. The van der Waals surface area contributed by atoms with E-state index >= 15 is 0 Å². The molecule has 0 unspecified atom stereocenters. The second-order valence-electron chi connectivity index (χ2n) is 3.75. The Morgan fingerprint density at radius 2 is 1.59 bits per heavy atom. The fourth-order valence-electron chi connectivity index (χ4n) is 1.54. The van der Waals surface area contributed by atoms with Crippen molar-refractivity contribution in [1.29, 1.82) is 5.26 Å². The highest BCUT2D eigenvalue weighted by atomic mass is 16.5. The first-order valence-electron chi connectivity index (χ1n) is 5.51. The Kier molecular flexibility index (Phi) is 3.77. The van der Waals surface area contributed by atoms with Gasteiger partial charge in [0.05, 0.1) is 12.5 Å². The lowest BCUT2D eigenvalue weighted by molar-refractivity contribution is 0.306. The van der Waals surface area contributed by atoms with Crippen molar-refractivity contribution in [2.75, 3.05) is 0 Å². The largest absolute Gasteiger partial charge is 0.489 e. The number of hydrogen-bond donors (Lipinski definition) is 0. The van der Waals surface area contributed by atoms with Gasteiger partial charge < -0.3 is 4.74 Å². The Bertz CT molecular complexity index is 497. The molecular formula is C15H13NO. The molecule has 2 rings (SSSR count). The van der Waals surface area contributed by atoms with Crippen molar-refractivity contribution in [1.82, 2.24) is 0 Å². The molecule has 0 N–H and O–H groups in total. The van der Waals surface area contributed by atoms with Crippen molar-refractivity contribution in [3.63, 3.8) is 0 Å². The van der Waals surface area contributed by atoms with Crippen LogP contribution in [0.5, 0.6) is 5.75 Å². The van der Waals surface area contributed by atoms with Crippen molar-refractivity contribution in [2.45, 2.75) is 13.0 Å². The minimum Gasteiger partial charge on any atom is -0.489 e. The van der Waals surface area contributed by atoms with Gasteiger partial charge in [0.1, 0.15) is 12.4 Å². The van der Waals surface area contributed by atoms with E-state index in [0.717, 1.165) is 16.9 Å². The van der Waals surface area contributed by atoms with Crippen LogP contribution in [0.1, 0.15) is 11.1 Å². The zero-order valence-electron chi connectivity index (χ0n) is 9.47. The molecule has 0 aromatic heterocycles. The van der Waals surface area contributed by atoms with Crippen molar-refractivity contribution in [2.24, 2.45) is 0 Å². The number of nitrogens with zero attached hydrogens (tertiary/aromatic N) is 1. The van der Waals surface area contributed by atoms with E-state index in [2.05, 4.69) is 6.07 Å². The third-order valence-corrected chi connectivity index (χ3v) is 2.45. The lowest BCUT2D eigenvalue weighted by Gasteiger charge is -2.06. The highest BCUT2D eigenvalue weighted by molar-refractivity contribution is 5.29. The first kappa shape index (κ1) is 11.2. The maximum atomic E-state index is 8.56. The topological polar surface area (TPSA) is 33.0 Å². The van der Waals surface area contributed by atoms with Crippen molar-refractivity contribution < 1.29 is 4.74 Å². The molecule has 0 saturated carbocycles. The van der Waals surface area contributed by atoms with Gasteiger partial charge in [0, 0.05) is 0 Å². The number of hydrogen-bond acceptors (Lipinski definition) is 2. The molecule has 0 aliphatic rings. The van der Waals surface area contributed by atoms with E-state index < -0.39 is 0 Å². The summed E-state index contributed by atoms with van der Waals surface area (Å²) in [6.07, 6.45) is 0.443. The van der Waals surface area contributed by atoms with Crippen LogP contribution in [0.4, 0.5) is 0 Å². The summed E-state index contributed by atoms with van der Waals surface area (Å²) in [7, 11) is 0. The van der Waals surface area contributed by atoms with E-state index in [1.807, 2.05) is 54.6 Å². The second kappa shape index (κ2) is 5.72. The normalized spacial score (nSPS) is 9.59. The monoisotopic (exact) mass is 224 g/mol. The van der Waals surface area contributed by atoms with Crippen molar-refractivity contribution in [3.8, 4) is 11.8 Å². The summed E-state index contributed by atoms with van der Waals surface area (Å²) in [6, 6.07) is 19.8. The SMILES string of the molecule is N#[13C]Cc1ccc(OCc2ccccc2)cc1. The molecule has 0 aliphatic heterocycles. The molecule has 0 heterocycles. The minimum atomic E-state index is 0.443. The first-order chi connectivity index (χ1) is 8.38. The van der Waals surface area contributed by atoms with Gasteiger partial charge in [-0.25, -0.2) is 0 Å². The van der Waals surface area contributed by atoms with Crippen LogP contribution >= 0.6 is 0 Å². The predicted molar refractivity (Wildman–Crippen MR) is 66.5 cm³/mol. The van der Waals surface area contributed by atoms with Gasteiger partial charge in [-0.3, -0.25) is 0 Å². The van der Waals surface area contributed by atoms with E-state index in [1.54, 1.807) is 0 Å². The Labute approximate surface area is 101 Å². The van der Waals surface area contributed by atoms with Crippen LogP contribution in [0.15, 0.2) is 54.6 Å². The van der Waals surface area contributed by atoms with E-state index in [1.165, 1.54) is 0 Å². The molecule has 2 aromatic rings. The average molecular weight is 224 g/mol. The number of ether oxygens (including phenoxy) is 1. The lowest BCUT2D eigenvalue weighted by atomic mass is 10.2. The summed E-state index contributed by atoms with van der Waals surface area (Å²) in [4.78, 5) is 0. The van der Waals surface area contributed by atoms with Crippen LogP contribution in [0.2, 0.25) is 0 Å². The van der Waals surface area contributed by atoms with Gasteiger partial charge in [0.2, 0.25) is 0 Å². The van der Waals surface area contributed by atoms with Crippen molar-refractivity contribution in [3.05, 3.63) is 65.7 Å². The van der Waals surface area contributed by atoms with Crippen LogP contribution in [0, 0.1) is 11.3 Å². The summed E-state index contributed by atoms with van der Waals surface area (Å²) in [6.45, 7) is 0.568. The highest BCUT2D eigenvalue weighted by Crippen LogP contribution is 2.14. The van der Waals surface area contributed by atoms with Crippen LogP contribution in [-0.2, 0) is 13.0 Å². The fourth-order valence-corrected chi connectivity index (χ4v) is 1.54. The summed E-state index contributed by atoms with van der Waals surface area (Å²) < 4.78 is 5.64. The van der Waals surface area contributed by atoms with Crippen molar-refractivity contribution >= 4 is 0 Å². The molecule has 0 spiro atoms. The standard InChI is InChI=1S/C15H13NO/c16-11-10-13-6-8-15(9-7-13)17-12-14-4-2-1-3-5-14/h1-9H,10,12H2/i11+1. The van der Waals surface area contributed by atoms with Gasteiger partial charge in [-0.05, 0) is 23.3 Å². The Balaban J connectivity index is 1.94. The summed E-state index contributed by atoms with van der Waals surface area (Å²) >= 11 is 0. The van der Waals surface area contributed by atoms with Gasteiger partial charge in [0.15, 0.2) is 0 Å². The second-order valence-corrected chi connectivity index (χ2v) is 3.75. The van der Waals surface area contributed by atoms with Crippen LogP contribution in [-0.4, -0.2) is 0 Å². The van der Waals surface area contributed by atoms with E-state index in [-0.39, 0.29) is 0 Å². The smallest absolute Gasteiger partial charge is 0.119 e. The molecule has 0 fully saturated rings. The Morgan fingerprint density at radius 3 is 2.24 bits per heavy atom. The molecular weight excluding hydrogens is 211 g/mol. The quantitative estimate of drug-likeness (QED) is 0.746. The molecule has 0 bridgehead atoms. The third kappa shape index (κ3) is 3.35. The maximum absolute atomic E-state index is 8.56. The van der Waals surface area contributed by atoms with Gasteiger partial charge >= 0.3 is 0 Å². The van der Waals surface area contributed by atoms with Gasteiger partial charge in [-0.2, -0.15) is 5.26 Å². The van der Waals surface area contributed by atoms with E-state index in [4.69, 9.17) is 10.00 Å². The highest BCUT2D eigenvalue weighted by Gasteiger charge is 1.96. The Morgan fingerprint density at radius 1 is 0.882 bits per heavy atom. The van der Waals surface area contributed by atoms with Gasteiger partial charge in [-0.1, -0.05) is 42.5 Å². The molecule has 0 saturated heterocycles. The van der Waals surface area contributed by atoms with Gasteiger partial charge in [-0.15, -0.1) is 0 Å². The van der Waals surface area contributed by atoms with Crippen LogP contribution < -0.4 is 4.74 Å². The summed E-state index contributed by atoms with van der Waals surface area (Å²) in [5.74, 6) is 0.829. The molecule has 0 aliphatic carbocycles. The number of benzene rings is 2. The molecule has 2 nitrogen and oxygen atoms in total. The average Bonchev–Trinajstić information content (AvgIpc) is 2.40. The first-order valence-corrected chi connectivity index (χ1v) is 5.51. The Hall–Kier alpha value is -2.27. The molecule has 0 radical (unpaired) electrons. The predicted octanol–water partition coefficient (Wildman–Crippen LogP) is 3.33. The lowest BCUT2D eigenvalue weighted by Crippen LogP contribution is -1.94. The fraction of sp³-hybridized carbons (Fsp3) is 0.133. The zero-order chi connectivity index (χ0) is 11.9.